The Hall–Kier alpha value is -1.90. The first-order valence-corrected chi connectivity index (χ1v) is 8.42. The van der Waals surface area contributed by atoms with Crippen molar-refractivity contribution in [1.82, 2.24) is 9.71 Å². The number of fused-ring (bicyclic) bond motifs is 1. The highest BCUT2D eigenvalue weighted by Crippen LogP contribution is 2.19. The lowest BCUT2D eigenvalue weighted by Gasteiger charge is -2.05. The monoisotopic (exact) mass is 324 g/mol. The standard InChI is InChI=1S/C13H12N2O4S2/c1-8-2-3-9(19-8)7-14-21(17,18)10-4-5-11-12(6-10)20-13(16)15-11/h2-6,14H,7H2,1H3,(H,15,16). The average Bonchev–Trinajstić information content (AvgIpc) is 3.00. The number of hydrogen-bond acceptors (Lipinski definition) is 5. The largest absolute Gasteiger partial charge is 0.465 e. The molecular formula is C13H12N2O4S2. The summed E-state index contributed by atoms with van der Waals surface area (Å²) in [6.45, 7) is 1.87. The van der Waals surface area contributed by atoms with Gasteiger partial charge in [-0.3, -0.25) is 4.79 Å². The maximum atomic E-state index is 12.2. The molecule has 2 N–H and O–H groups in total. The number of benzene rings is 1. The predicted molar refractivity (Wildman–Crippen MR) is 79.9 cm³/mol. The van der Waals surface area contributed by atoms with Gasteiger partial charge in [0.1, 0.15) is 11.5 Å². The fraction of sp³-hybridized carbons (Fsp3) is 0.154. The smallest absolute Gasteiger partial charge is 0.305 e. The molecule has 0 amide bonds. The van der Waals surface area contributed by atoms with E-state index in [1.165, 1.54) is 12.1 Å². The second kappa shape index (κ2) is 5.14. The topological polar surface area (TPSA) is 92.2 Å². The van der Waals surface area contributed by atoms with Crippen LogP contribution in [0, 0.1) is 6.92 Å². The van der Waals surface area contributed by atoms with Crippen LogP contribution in [-0.2, 0) is 16.6 Å². The summed E-state index contributed by atoms with van der Waals surface area (Å²) in [4.78, 5) is 13.8. The number of H-pyrrole nitrogens is 1. The van der Waals surface area contributed by atoms with E-state index >= 15 is 0 Å². The molecule has 1 aromatic carbocycles. The fourth-order valence-electron chi connectivity index (χ4n) is 1.92. The van der Waals surface area contributed by atoms with Crippen molar-refractivity contribution in [2.75, 3.05) is 0 Å². The molecule has 0 bridgehead atoms. The fourth-order valence-corrected chi connectivity index (χ4v) is 3.79. The number of sulfonamides is 1. The number of furan rings is 1. The number of thiazole rings is 1. The van der Waals surface area contributed by atoms with Crippen molar-refractivity contribution in [1.29, 1.82) is 0 Å². The molecule has 110 valence electrons. The molecule has 8 heteroatoms. The summed E-state index contributed by atoms with van der Waals surface area (Å²) in [5.74, 6) is 1.27. The molecule has 3 aromatic rings. The summed E-state index contributed by atoms with van der Waals surface area (Å²) in [6, 6.07) is 8.01. The minimum atomic E-state index is -3.65. The highest BCUT2D eigenvalue weighted by Gasteiger charge is 2.15. The number of aromatic nitrogens is 1. The number of hydrogen-bond donors (Lipinski definition) is 2. The van der Waals surface area contributed by atoms with Gasteiger partial charge >= 0.3 is 4.87 Å². The lowest BCUT2D eigenvalue weighted by atomic mass is 10.3. The van der Waals surface area contributed by atoms with Crippen LogP contribution in [0.25, 0.3) is 10.2 Å². The number of nitrogens with one attached hydrogen (secondary N) is 2. The summed E-state index contributed by atoms with van der Waals surface area (Å²) < 4.78 is 32.8. The van der Waals surface area contributed by atoms with Gasteiger partial charge in [0.15, 0.2) is 0 Å². The number of aromatic amines is 1. The Labute approximate surface area is 124 Å². The maximum absolute atomic E-state index is 12.2. The van der Waals surface area contributed by atoms with Gasteiger partial charge < -0.3 is 9.40 Å². The van der Waals surface area contributed by atoms with Gasteiger partial charge in [-0.2, -0.15) is 0 Å². The number of aryl methyl sites for hydroxylation is 1. The summed E-state index contributed by atoms with van der Waals surface area (Å²) in [5.41, 5.74) is 0.630. The van der Waals surface area contributed by atoms with Crippen LogP contribution >= 0.6 is 11.3 Å². The van der Waals surface area contributed by atoms with E-state index in [9.17, 15) is 13.2 Å². The Morgan fingerprint density at radius 1 is 1.29 bits per heavy atom. The first kappa shape index (κ1) is 14.1. The SMILES string of the molecule is Cc1ccc(CNS(=O)(=O)c2ccc3[nH]c(=O)sc3c2)o1. The molecule has 0 radical (unpaired) electrons. The normalized spacial score (nSPS) is 12.0. The van der Waals surface area contributed by atoms with Crippen molar-refractivity contribution < 1.29 is 12.8 Å². The molecule has 0 saturated heterocycles. The number of rotatable bonds is 4. The summed E-state index contributed by atoms with van der Waals surface area (Å²) in [5, 5.41) is 0. The first-order valence-electron chi connectivity index (χ1n) is 6.12. The molecule has 3 rings (SSSR count). The zero-order chi connectivity index (χ0) is 15.0. The third-order valence-electron chi connectivity index (χ3n) is 2.94. The highest BCUT2D eigenvalue weighted by atomic mass is 32.2. The zero-order valence-electron chi connectivity index (χ0n) is 11.0. The van der Waals surface area contributed by atoms with Crippen LogP contribution in [0.15, 0.2) is 44.4 Å². The van der Waals surface area contributed by atoms with E-state index in [-0.39, 0.29) is 16.3 Å². The van der Waals surface area contributed by atoms with Gasteiger partial charge in [0.05, 0.1) is 21.7 Å². The molecule has 0 aliphatic rings. The van der Waals surface area contributed by atoms with Crippen LogP contribution in [0.5, 0.6) is 0 Å². The molecule has 0 aliphatic heterocycles. The van der Waals surface area contributed by atoms with Crippen molar-refractivity contribution in [3.63, 3.8) is 0 Å². The molecule has 0 spiro atoms. The lowest BCUT2D eigenvalue weighted by molar-refractivity contribution is 0.475. The minimum absolute atomic E-state index is 0.0809. The Morgan fingerprint density at radius 2 is 2.10 bits per heavy atom. The van der Waals surface area contributed by atoms with Gasteiger partial charge in [0.2, 0.25) is 10.0 Å². The summed E-state index contributed by atoms with van der Waals surface area (Å²) in [7, 11) is -3.65. The van der Waals surface area contributed by atoms with Crippen LogP contribution in [0.4, 0.5) is 0 Å². The second-order valence-electron chi connectivity index (χ2n) is 4.51. The zero-order valence-corrected chi connectivity index (χ0v) is 12.7. The molecule has 6 nitrogen and oxygen atoms in total. The predicted octanol–water partition coefficient (Wildman–Crippen LogP) is 1.97. The third kappa shape index (κ3) is 2.92. The second-order valence-corrected chi connectivity index (χ2v) is 7.29. The Morgan fingerprint density at radius 3 is 2.81 bits per heavy atom. The Kier molecular flexibility index (Phi) is 3.44. The quantitative estimate of drug-likeness (QED) is 0.767. The molecule has 0 fully saturated rings. The van der Waals surface area contributed by atoms with Crippen molar-refractivity contribution in [3.8, 4) is 0 Å². The molecule has 2 aromatic heterocycles. The lowest BCUT2D eigenvalue weighted by Crippen LogP contribution is -2.22. The average molecular weight is 324 g/mol. The van der Waals surface area contributed by atoms with Crippen LogP contribution < -0.4 is 9.60 Å². The molecule has 2 heterocycles. The van der Waals surface area contributed by atoms with Crippen LogP contribution in [0.3, 0.4) is 0 Å². The third-order valence-corrected chi connectivity index (χ3v) is 5.18. The van der Waals surface area contributed by atoms with Gasteiger partial charge in [0.25, 0.3) is 0 Å². The van der Waals surface area contributed by atoms with Gasteiger partial charge in [-0.1, -0.05) is 11.3 Å². The van der Waals surface area contributed by atoms with Gasteiger partial charge in [-0.25, -0.2) is 13.1 Å². The minimum Gasteiger partial charge on any atom is -0.465 e. The van der Waals surface area contributed by atoms with Gasteiger partial charge in [-0.05, 0) is 37.3 Å². The highest BCUT2D eigenvalue weighted by molar-refractivity contribution is 7.89. The first-order chi connectivity index (χ1) is 9.94. The van der Waals surface area contributed by atoms with E-state index in [1.54, 1.807) is 25.1 Å². The molecule has 0 unspecified atom stereocenters. The van der Waals surface area contributed by atoms with Crippen LogP contribution in [0.2, 0.25) is 0 Å². The van der Waals surface area contributed by atoms with Crippen molar-refractivity contribution >= 4 is 31.6 Å². The molecule has 0 aliphatic carbocycles. The Bertz CT molecular complexity index is 950. The van der Waals surface area contributed by atoms with E-state index < -0.39 is 10.0 Å². The van der Waals surface area contributed by atoms with Crippen molar-refractivity contribution in [2.45, 2.75) is 18.4 Å². The van der Waals surface area contributed by atoms with E-state index in [0.717, 1.165) is 17.1 Å². The van der Waals surface area contributed by atoms with Crippen LogP contribution in [0.1, 0.15) is 11.5 Å². The van der Waals surface area contributed by atoms with Crippen LogP contribution in [-0.4, -0.2) is 13.4 Å². The van der Waals surface area contributed by atoms with Gasteiger partial charge in [0, 0.05) is 0 Å². The molecular weight excluding hydrogens is 312 g/mol. The Balaban J connectivity index is 1.86. The van der Waals surface area contributed by atoms with E-state index in [2.05, 4.69) is 9.71 Å². The molecule has 0 atom stereocenters. The van der Waals surface area contributed by atoms with Crippen molar-refractivity contribution in [2.24, 2.45) is 0 Å². The van der Waals surface area contributed by atoms with Crippen molar-refractivity contribution in [3.05, 3.63) is 51.5 Å². The van der Waals surface area contributed by atoms with E-state index in [0.29, 0.717) is 16.0 Å². The summed E-state index contributed by atoms with van der Waals surface area (Å²) >= 11 is 0.978. The molecule has 0 saturated carbocycles. The maximum Gasteiger partial charge on any atom is 0.305 e. The summed E-state index contributed by atoms with van der Waals surface area (Å²) in [6.07, 6.45) is 0. The molecule has 21 heavy (non-hydrogen) atoms. The van der Waals surface area contributed by atoms with E-state index in [1.807, 2.05) is 0 Å². The van der Waals surface area contributed by atoms with Gasteiger partial charge in [-0.15, -0.1) is 0 Å². The van der Waals surface area contributed by atoms with E-state index in [4.69, 9.17) is 4.42 Å².